The van der Waals surface area contributed by atoms with Crippen LogP contribution in [0.4, 0.5) is 0 Å². The van der Waals surface area contributed by atoms with Gasteiger partial charge in [0.05, 0.1) is 0 Å². The quantitative estimate of drug-likeness (QED) is 0.622. The van der Waals surface area contributed by atoms with Crippen LogP contribution in [0.5, 0.6) is 0 Å². The van der Waals surface area contributed by atoms with Crippen LogP contribution in [0.15, 0.2) is 0 Å². The maximum absolute atomic E-state index is 6.19. The van der Waals surface area contributed by atoms with E-state index in [-0.39, 0.29) is 0 Å². The molecule has 1 nitrogen and oxygen atoms in total. The molecule has 1 fully saturated rings. The number of ether oxygens (including phenoxy) is 1. The number of hydrogen-bond acceptors (Lipinski definition) is 1. The van der Waals surface area contributed by atoms with Gasteiger partial charge in [0.25, 0.3) is 0 Å². The lowest BCUT2D eigenvalue weighted by molar-refractivity contribution is 0.0891. The zero-order valence-electron chi connectivity index (χ0n) is 8.05. The lowest BCUT2D eigenvalue weighted by Gasteiger charge is -2.30. The molecule has 3 unspecified atom stereocenters. The minimum absolute atomic E-state index is 0.379. The molecule has 1 aliphatic rings. The lowest BCUT2D eigenvalue weighted by Crippen LogP contribution is -2.26. The molecule has 0 aromatic rings. The van der Waals surface area contributed by atoms with Gasteiger partial charge in [0, 0.05) is 18.6 Å². The van der Waals surface area contributed by atoms with Gasteiger partial charge in [-0.3, -0.25) is 0 Å². The van der Waals surface area contributed by atoms with E-state index >= 15 is 0 Å². The molecule has 0 N–H and O–H groups in total. The highest BCUT2D eigenvalue weighted by atomic mass is 35.5. The molecule has 1 rings (SSSR count). The van der Waals surface area contributed by atoms with E-state index in [1.165, 1.54) is 12.8 Å². The first-order valence-electron chi connectivity index (χ1n) is 4.95. The van der Waals surface area contributed by atoms with Crippen molar-refractivity contribution in [2.45, 2.75) is 38.5 Å². The first-order valence-corrected chi connectivity index (χ1v) is 5.39. The molecule has 1 saturated carbocycles. The Bertz CT molecular complexity index is 125. The van der Waals surface area contributed by atoms with Gasteiger partial charge in [0.15, 0.2) is 0 Å². The fraction of sp³-hybridized carbons (Fsp3) is 1.00. The van der Waals surface area contributed by atoms with Crippen molar-refractivity contribution < 1.29 is 4.74 Å². The third-order valence-corrected chi connectivity index (χ3v) is 3.37. The van der Waals surface area contributed by atoms with E-state index in [9.17, 15) is 0 Å². The van der Waals surface area contributed by atoms with Gasteiger partial charge >= 0.3 is 0 Å². The molecular formula is C10H19ClO. The predicted molar refractivity (Wildman–Crippen MR) is 52.6 cm³/mol. The van der Waals surface area contributed by atoms with Gasteiger partial charge in [-0.1, -0.05) is 6.92 Å². The molecular weight excluding hydrogens is 172 g/mol. The number of halogens is 1. The molecule has 0 aromatic carbocycles. The van der Waals surface area contributed by atoms with Crippen LogP contribution < -0.4 is 0 Å². The van der Waals surface area contributed by atoms with Crippen molar-refractivity contribution in [3.8, 4) is 0 Å². The number of alkyl halides is 1. The van der Waals surface area contributed by atoms with Crippen LogP contribution in [0.2, 0.25) is 0 Å². The van der Waals surface area contributed by atoms with Gasteiger partial charge in [-0.2, -0.15) is 0 Å². The first kappa shape index (κ1) is 10.3. The van der Waals surface area contributed by atoms with E-state index in [0.717, 1.165) is 19.6 Å². The Kier molecular flexibility index (Phi) is 4.38. The number of rotatable bonds is 3. The Hall–Kier alpha value is 0.250. The van der Waals surface area contributed by atoms with Crippen LogP contribution in [0.1, 0.15) is 33.1 Å². The molecule has 1 aliphatic carbocycles. The highest BCUT2D eigenvalue weighted by Crippen LogP contribution is 2.32. The molecule has 0 aliphatic heterocycles. The van der Waals surface area contributed by atoms with Crippen LogP contribution in [0.3, 0.4) is 0 Å². The van der Waals surface area contributed by atoms with Gasteiger partial charge in [-0.25, -0.2) is 0 Å². The predicted octanol–water partition coefficient (Wildman–Crippen LogP) is 3.07. The van der Waals surface area contributed by atoms with E-state index < -0.39 is 0 Å². The molecule has 2 heteroatoms. The number of hydrogen-bond donors (Lipinski definition) is 0. The molecule has 3 atom stereocenters. The molecule has 0 bridgehead atoms. The van der Waals surface area contributed by atoms with Crippen molar-refractivity contribution >= 4 is 11.6 Å². The van der Waals surface area contributed by atoms with Gasteiger partial charge in [-0.15, -0.1) is 11.6 Å². The first-order chi connectivity index (χ1) is 5.74. The van der Waals surface area contributed by atoms with E-state index in [1.807, 2.05) is 6.92 Å². The summed E-state index contributed by atoms with van der Waals surface area (Å²) in [5, 5.41) is 0.379. The van der Waals surface area contributed by atoms with Crippen molar-refractivity contribution in [1.82, 2.24) is 0 Å². The Morgan fingerprint density at radius 3 is 2.75 bits per heavy atom. The highest BCUT2D eigenvalue weighted by Gasteiger charge is 2.25. The fourth-order valence-electron chi connectivity index (χ4n) is 1.78. The van der Waals surface area contributed by atoms with E-state index in [4.69, 9.17) is 16.3 Å². The van der Waals surface area contributed by atoms with Gasteiger partial charge in [0.1, 0.15) is 0 Å². The molecule has 0 spiro atoms. The summed E-state index contributed by atoms with van der Waals surface area (Å²) in [5.74, 6) is 1.41. The van der Waals surface area contributed by atoms with Gasteiger partial charge in [0.2, 0.25) is 0 Å². The molecule has 0 amide bonds. The average molecular weight is 191 g/mol. The summed E-state index contributed by atoms with van der Waals surface area (Å²) in [4.78, 5) is 0. The average Bonchev–Trinajstić information content (AvgIpc) is 2.07. The van der Waals surface area contributed by atoms with Crippen molar-refractivity contribution in [3.05, 3.63) is 0 Å². The van der Waals surface area contributed by atoms with Crippen LogP contribution in [-0.2, 0) is 4.74 Å². The van der Waals surface area contributed by atoms with Crippen molar-refractivity contribution in [1.29, 1.82) is 0 Å². The van der Waals surface area contributed by atoms with Crippen LogP contribution in [0, 0.1) is 11.8 Å². The van der Waals surface area contributed by atoms with Crippen LogP contribution in [0.25, 0.3) is 0 Å². The topological polar surface area (TPSA) is 9.23 Å². The van der Waals surface area contributed by atoms with Crippen molar-refractivity contribution in [2.75, 3.05) is 13.2 Å². The summed E-state index contributed by atoms with van der Waals surface area (Å²) in [6.07, 6.45) is 3.71. The second-order valence-electron chi connectivity index (χ2n) is 3.83. The smallest absolute Gasteiger partial charge is 0.0494 e. The normalized spacial score (nSPS) is 36.8. The summed E-state index contributed by atoms with van der Waals surface area (Å²) >= 11 is 6.19. The molecule has 0 radical (unpaired) electrons. The van der Waals surface area contributed by atoms with Gasteiger partial charge in [-0.05, 0) is 38.0 Å². The third-order valence-electron chi connectivity index (χ3n) is 2.76. The monoisotopic (exact) mass is 190 g/mol. The molecule has 12 heavy (non-hydrogen) atoms. The van der Waals surface area contributed by atoms with Crippen molar-refractivity contribution in [2.24, 2.45) is 11.8 Å². The Labute approximate surface area is 80.4 Å². The van der Waals surface area contributed by atoms with Crippen molar-refractivity contribution in [3.63, 3.8) is 0 Å². The summed E-state index contributed by atoms with van der Waals surface area (Å²) in [7, 11) is 0. The highest BCUT2D eigenvalue weighted by molar-refractivity contribution is 6.20. The fourth-order valence-corrected chi connectivity index (χ4v) is 2.16. The van der Waals surface area contributed by atoms with E-state index in [0.29, 0.717) is 17.2 Å². The van der Waals surface area contributed by atoms with E-state index in [1.54, 1.807) is 0 Å². The Morgan fingerprint density at radius 2 is 2.17 bits per heavy atom. The minimum atomic E-state index is 0.379. The van der Waals surface area contributed by atoms with Crippen LogP contribution in [-0.4, -0.2) is 18.6 Å². The Morgan fingerprint density at radius 1 is 1.42 bits per heavy atom. The largest absolute Gasteiger partial charge is 0.381 e. The van der Waals surface area contributed by atoms with Crippen LogP contribution >= 0.6 is 11.6 Å². The zero-order valence-corrected chi connectivity index (χ0v) is 8.81. The SMILES string of the molecule is CCOCC1CCC(C)C(Cl)C1. The Balaban J connectivity index is 2.21. The summed E-state index contributed by atoms with van der Waals surface area (Å²) < 4.78 is 5.40. The molecule has 0 saturated heterocycles. The third kappa shape index (κ3) is 2.95. The summed E-state index contributed by atoms with van der Waals surface area (Å²) in [5.41, 5.74) is 0. The van der Waals surface area contributed by atoms with E-state index in [2.05, 4.69) is 6.92 Å². The second kappa shape index (κ2) is 5.08. The van der Waals surface area contributed by atoms with Gasteiger partial charge < -0.3 is 4.74 Å². The minimum Gasteiger partial charge on any atom is -0.381 e. The standard InChI is InChI=1S/C10H19ClO/c1-3-12-7-9-5-4-8(2)10(11)6-9/h8-10H,3-7H2,1-2H3. The molecule has 0 heterocycles. The lowest BCUT2D eigenvalue weighted by atomic mass is 9.83. The summed E-state index contributed by atoms with van der Waals surface area (Å²) in [6, 6.07) is 0. The second-order valence-corrected chi connectivity index (χ2v) is 4.39. The summed E-state index contributed by atoms with van der Waals surface area (Å²) in [6.45, 7) is 6.03. The maximum atomic E-state index is 6.19. The molecule has 0 aromatic heterocycles. The zero-order chi connectivity index (χ0) is 8.97. The maximum Gasteiger partial charge on any atom is 0.0494 e. The molecule has 72 valence electrons.